The molecule has 1 aromatic rings. The number of amides is 1. The van der Waals surface area contributed by atoms with Crippen LogP contribution < -0.4 is 9.47 Å². The van der Waals surface area contributed by atoms with Crippen LogP contribution in [0.3, 0.4) is 0 Å². The number of fused-ring (bicyclic) bond motifs is 1. The first-order valence-corrected chi connectivity index (χ1v) is 10.1. The summed E-state index contributed by atoms with van der Waals surface area (Å²) < 4.78 is 16.3. The van der Waals surface area contributed by atoms with Crippen LogP contribution in [0.25, 0.3) is 0 Å². The van der Waals surface area contributed by atoms with E-state index < -0.39 is 12.0 Å². The Morgan fingerprint density at radius 1 is 1.25 bits per heavy atom. The van der Waals surface area contributed by atoms with Crippen molar-refractivity contribution in [3.8, 4) is 11.5 Å². The maximum atomic E-state index is 12.9. The molecule has 1 aromatic carbocycles. The van der Waals surface area contributed by atoms with Gasteiger partial charge in [-0.1, -0.05) is 17.8 Å². The number of aliphatic imine (C=N–C) groups is 1. The second kappa shape index (κ2) is 8.26. The van der Waals surface area contributed by atoms with Crippen LogP contribution in [0.2, 0.25) is 0 Å². The number of esters is 1. The fraction of sp³-hybridized carbons (Fsp3) is 0.450. The molecule has 0 aromatic heterocycles. The molecule has 2 aliphatic rings. The van der Waals surface area contributed by atoms with E-state index in [-0.39, 0.29) is 17.8 Å². The quantitative estimate of drug-likeness (QED) is 0.677. The van der Waals surface area contributed by atoms with Crippen molar-refractivity contribution in [3.63, 3.8) is 0 Å². The Labute approximate surface area is 168 Å². The zero-order valence-corrected chi connectivity index (χ0v) is 17.5. The number of carbonyl (C=O) groups is 2. The second-order valence-corrected chi connectivity index (χ2v) is 7.64. The van der Waals surface area contributed by atoms with Crippen molar-refractivity contribution >= 4 is 28.8 Å². The summed E-state index contributed by atoms with van der Waals surface area (Å²) >= 11 is 1.39. The topological polar surface area (TPSA) is 77.4 Å². The minimum atomic E-state index is -0.624. The van der Waals surface area contributed by atoms with Gasteiger partial charge in [0.1, 0.15) is 0 Å². The summed E-state index contributed by atoms with van der Waals surface area (Å²) in [5.41, 5.74) is 1.65. The van der Waals surface area contributed by atoms with Crippen molar-refractivity contribution in [1.29, 1.82) is 0 Å². The maximum absolute atomic E-state index is 12.9. The number of thioether (sulfide) groups is 1. The molecule has 0 N–H and O–H groups in total. The normalized spacial score (nSPS) is 21.4. The first-order chi connectivity index (χ1) is 13.4. The van der Waals surface area contributed by atoms with Gasteiger partial charge < -0.3 is 14.2 Å². The lowest BCUT2D eigenvalue weighted by molar-refractivity contribution is -0.139. The highest BCUT2D eigenvalue weighted by molar-refractivity contribution is 8.15. The van der Waals surface area contributed by atoms with E-state index in [1.807, 2.05) is 19.9 Å². The number of carbonyl (C=O) groups excluding carboxylic acids is 2. The van der Waals surface area contributed by atoms with E-state index in [4.69, 9.17) is 14.2 Å². The smallest absolute Gasteiger partial charge is 0.338 e. The molecule has 0 bridgehead atoms. The lowest BCUT2D eigenvalue weighted by Crippen LogP contribution is -2.40. The standard InChI is InChI=1S/C20H24N2O5S/c1-6-26-14-9-8-13(10-15(14)25-5)17-16(19(24)27-7-2)11(3)21-20-22(17)18(23)12(4)28-20/h8-10,12,17H,6-7H2,1-5H3. The largest absolute Gasteiger partial charge is 0.493 e. The summed E-state index contributed by atoms with van der Waals surface area (Å²) in [5, 5.41) is 0.334. The molecular weight excluding hydrogens is 380 g/mol. The highest BCUT2D eigenvalue weighted by atomic mass is 32.2. The van der Waals surface area contributed by atoms with E-state index in [9.17, 15) is 9.59 Å². The minimum Gasteiger partial charge on any atom is -0.493 e. The summed E-state index contributed by atoms with van der Waals surface area (Å²) in [6, 6.07) is 4.81. The van der Waals surface area contributed by atoms with E-state index in [1.165, 1.54) is 11.8 Å². The van der Waals surface area contributed by atoms with Gasteiger partial charge in [0.05, 0.1) is 42.9 Å². The van der Waals surface area contributed by atoms with Crippen molar-refractivity contribution in [2.24, 2.45) is 4.99 Å². The Bertz CT molecular complexity index is 864. The SMILES string of the molecule is CCOC(=O)C1=C(C)N=C2SC(C)C(=O)N2C1c1ccc(OCC)c(OC)c1. The molecule has 0 radical (unpaired) electrons. The number of benzene rings is 1. The zero-order valence-electron chi connectivity index (χ0n) is 16.6. The third kappa shape index (κ3) is 3.48. The van der Waals surface area contributed by atoms with E-state index in [2.05, 4.69) is 4.99 Å². The number of hydrogen-bond donors (Lipinski definition) is 0. The number of nitrogens with zero attached hydrogens (tertiary/aromatic N) is 2. The van der Waals surface area contributed by atoms with Gasteiger partial charge in [-0.2, -0.15) is 0 Å². The number of amidine groups is 1. The molecule has 7 nitrogen and oxygen atoms in total. The Balaban J connectivity index is 2.14. The van der Waals surface area contributed by atoms with Crippen molar-refractivity contribution in [1.82, 2.24) is 4.90 Å². The molecular formula is C20H24N2O5S. The summed E-state index contributed by atoms with van der Waals surface area (Å²) in [7, 11) is 1.56. The highest BCUT2D eigenvalue weighted by Gasteiger charge is 2.46. The minimum absolute atomic E-state index is 0.0871. The first-order valence-electron chi connectivity index (χ1n) is 9.19. The van der Waals surface area contributed by atoms with Crippen LogP contribution in [0.15, 0.2) is 34.5 Å². The summed E-state index contributed by atoms with van der Waals surface area (Å²) in [6.07, 6.45) is 0. The summed E-state index contributed by atoms with van der Waals surface area (Å²) in [5.74, 6) is 0.581. The number of hydrogen-bond acceptors (Lipinski definition) is 7. The average molecular weight is 404 g/mol. The molecule has 150 valence electrons. The lowest BCUT2D eigenvalue weighted by Gasteiger charge is -2.33. The molecule has 2 aliphatic heterocycles. The number of methoxy groups -OCH3 is 1. The van der Waals surface area contributed by atoms with E-state index in [0.29, 0.717) is 34.5 Å². The Morgan fingerprint density at radius 2 is 2.00 bits per heavy atom. The molecule has 3 rings (SSSR count). The number of rotatable bonds is 6. The van der Waals surface area contributed by atoms with Crippen LogP contribution in [0.1, 0.15) is 39.3 Å². The van der Waals surface area contributed by atoms with Crippen LogP contribution in [0, 0.1) is 0 Å². The lowest BCUT2D eigenvalue weighted by atomic mass is 9.94. The van der Waals surface area contributed by atoms with Gasteiger partial charge in [0.25, 0.3) is 0 Å². The Morgan fingerprint density at radius 3 is 2.64 bits per heavy atom. The van der Waals surface area contributed by atoms with Gasteiger partial charge in [-0.05, 0) is 45.4 Å². The van der Waals surface area contributed by atoms with E-state index in [1.54, 1.807) is 38.0 Å². The van der Waals surface area contributed by atoms with E-state index >= 15 is 0 Å². The molecule has 1 fully saturated rings. The molecule has 1 amide bonds. The predicted molar refractivity (Wildman–Crippen MR) is 108 cm³/mol. The Hall–Kier alpha value is -2.48. The molecule has 2 atom stereocenters. The maximum Gasteiger partial charge on any atom is 0.338 e. The van der Waals surface area contributed by atoms with Gasteiger partial charge in [0, 0.05) is 0 Å². The van der Waals surface area contributed by atoms with Gasteiger partial charge in [0.15, 0.2) is 16.7 Å². The molecule has 1 saturated heterocycles. The zero-order chi connectivity index (χ0) is 20.4. The van der Waals surface area contributed by atoms with Crippen molar-refractivity contribution in [3.05, 3.63) is 35.0 Å². The fourth-order valence-corrected chi connectivity index (χ4v) is 4.35. The summed E-state index contributed by atoms with van der Waals surface area (Å²) in [4.78, 5) is 31.7. The van der Waals surface area contributed by atoms with Crippen LogP contribution in [0.4, 0.5) is 0 Å². The fourth-order valence-electron chi connectivity index (χ4n) is 3.32. The van der Waals surface area contributed by atoms with Crippen molar-refractivity contribution < 1.29 is 23.8 Å². The first kappa shape index (κ1) is 20.3. The molecule has 0 aliphatic carbocycles. The van der Waals surface area contributed by atoms with Crippen molar-refractivity contribution in [2.75, 3.05) is 20.3 Å². The molecule has 8 heteroatoms. The van der Waals surface area contributed by atoms with Crippen LogP contribution >= 0.6 is 11.8 Å². The number of ether oxygens (including phenoxy) is 3. The van der Waals surface area contributed by atoms with Crippen molar-refractivity contribution in [2.45, 2.75) is 39.0 Å². The number of allylic oxidation sites excluding steroid dienone is 1. The van der Waals surface area contributed by atoms with Gasteiger partial charge in [-0.3, -0.25) is 9.69 Å². The van der Waals surface area contributed by atoms with Crippen LogP contribution in [-0.2, 0) is 14.3 Å². The highest BCUT2D eigenvalue weighted by Crippen LogP contribution is 2.44. The summed E-state index contributed by atoms with van der Waals surface area (Å²) in [6.45, 7) is 7.99. The van der Waals surface area contributed by atoms with Gasteiger partial charge >= 0.3 is 5.97 Å². The van der Waals surface area contributed by atoms with Gasteiger partial charge in [-0.25, -0.2) is 9.79 Å². The molecule has 0 saturated carbocycles. The molecule has 0 spiro atoms. The average Bonchev–Trinajstić information content (AvgIpc) is 2.95. The third-order valence-electron chi connectivity index (χ3n) is 4.56. The van der Waals surface area contributed by atoms with Gasteiger partial charge in [0.2, 0.25) is 5.91 Å². The Kier molecular flexibility index (Phi) is 5.98. The monoisotopic (exact) mass is 404 g/mol. The second-order valence-electron chi connectivity index (χ2n) is 6.33. The molecule has 28 heavy (non-hydrogen) atoms. The predicted octanol–water partition coefficient (Wildman–Crippen LogP) is 3.31. The van der Waals surface area contributed by atoms with Gasteiger partial charge in [-0.15, -0.1) is 0 Å². The van der Waals surface area contributed by atoms with Crippen LogP contribution in [-0.4, -0.2) is 47.5 Å². The van der Waals surface area contributed by atoms with Crippen LogP contribution in [0.5, 0.6) is 11.5 Å². The third-order valence-corrected chi connectivity index (χ3v) is 5.61. The van der Waals surface area contributed by atoms with E-state index in [0.717, 1.165) is 5.56 Å². The molecule has 2 unspecified atom stereocenters. The molecule has 2 heterocycles.